The fraction of sp³-hybridized carbons (Fsp3) is 0.296. The topological polar surface area (TPSA) is 85.5 Å². The molecule has 6 nitrogen and oxygen atoms in total. The van der Waals surface area contributed by atoms with E-state index in [4.69, 9.17) is 10.5 Å². The maximum absolute atomic E-state index is 12.9. The molecule has 0 aliphatic carbocycles. The van der Waals surface area contributed by atoms with Gasteiger partial charge in [0.05, 0.1) is 18.9 Å². The van der Waals surface area contributed by atoms with Gasteiger partial charge < -0.3 is 15.4 Å². The average Bonchev–Trinajstić information content (AvgIpc) is 2.85. The second-order valence-corrected chi connectivity index (χ2v) is 8.63. The predicted molar refractivity (Wildman–Crippen MR) is 128 cm³/mol. The van der Waals surface area contributed by atoms with Gasteiger partial charge in [-0.2, -0.15) is 0 Å². The molecule has 0 atom stereocenters. The lowest BCUT2D eigenvalue weighted by molar-refractivity contribution is -0.138. The number of carbonyl (C=O) groups is 2. The quantitative estimate of drug-likeness (QED) is 0.604. The van der Waals surface area contributed by atoms with Crippen LogP contribution in [0.2, 0.25) is 0 Å². The normalized spacial score (nSPS) is 15.1. The van der Waals surface area contributed by atoms with Crippen molar-refractivity contribution in [3.63, 3.8) is 0 Å². The average molecular weight is 444 g/mol. The van der Waals surface area contributed by atoms with Gasteiger partial charge in [0.15, 0.2) is 0 Å². The first kappa shape index (κ1) is 22.5. The number of methoxy groups -OCH3 is 1. The molecule has 1 aromatic heterocycles. The van der Waals surface area contributed by atoms with Gasteiger partial charge in [0, 0.05) is 31.0 Å². The summed E-state index contributed by atoms with van der Waals surface area (Å²) in [6.45, 7) is 1.03. The van der Waals surface area contributed by atoms with Crippen LogP contribution >= 0.6 is 0 Å². The SMILES string of the molecule is COc1cccc(CC(=O)N2CCC(Cc3ccccc3-c3cccnc3)(C(N)=O)CC2)c1. The van der Waals surface area contributed by atoms with E-state index in [0.29, 0.717) is 38.8 Å². The van der Waals surface area contributed by atoms with Gasteiger partial charge in [0.2, 0.25) is 11.8 Å². The molecule has 1 saturated heterocycles. The Bertz CT molecular complexity index is 1120. The van der Waals surface area contributed by atoms with Crippen molar-refractivity contribution in [2.24, 2.45) is 11.1 Å². The zero-order valence-corrected chi connectivity index (χ0v) is 18.9. The summed E-state index contributed by atoms with van der Waals surface area (Å²) in [6, 6.07) is 19.5. The molecule has 1 aliphatic rings. The van der Waals surface area contributed by atoms with Gasteiger partial charge in [-0.05, 0) is 54.2 Å². The lowest BCUT2D eigenvalue weighted by atomic mass is 9.72. The predicted octanol–water partition coefficient (Wildman–Crippen LogP) is 3.64. The van der Waals surface area contributed by atoms with Crippen molar-refractivity contribution in [3.05, 3.63) is 84.2 Å². The third kappa shape index (κ3) is 5.06. The Balaban J connectivity index is 1.48. The third-order valence-corrected chi connectivity index (χ3v) is 6.60. The van der Waals surface area contributed by atoms with E-state index in [1.165, 1.54) is 0 Å². The van der Waals surface area contributed by atoms with Crippen molar-refractivity contribution < 1.29 is 14.3 Å². The second kappa shape index (κ2) is 9.86. The van der Waals surface area contributed by atoms with Crippen LogP contribution in [0.15, 0.2) is 73.1 Å². The third-order valence-electron chi connectivity index (χ3n) is 6.60. The van der Waals surface area contributed by atoms with Crippen LogP contribution in [0.3, 0.4) is 0 Å². The fourth-order valence-electron chi connectivity index (χ4n) is 4.61. The summed E-state index contributed by atoms with van der Waals surface area (Å²) in [5.74, 6) is 0.486. The number of benzene rings is 2. The van der Waals surface area contributed by atoms with Crippen molar-refractivity contribution in [2.45, 2.75) is 25.7 Å². The number of aromatic nitrogens is 1. The van der Waals surface area contributed by atoms with Crippen LogP contribution in [-0.2, 0) is 22.4 Å². The Morgan fingerprint density at radius 2 is 1.85 bits per heavy atom. The number of ether oxygens (including phenoxy) is 1. The number of piperidine rings is 1. The molecule has 0 spiro atoms. The van der Waals surface area contributed by atoms with Crippen LogP contribution in [0, 0.1) is 5.41 Å². The number of primary amides is 1. The highest BCUT2D eigenvalue weighted by Gasteiger charge is 2.41. The smallest absolute Gasteiger partial charge is 0.226 e. The van der Waals surface area contributed by atoms with Crippen LogP contribution in [-0.4, -0.2) is 41.9 Å². The summed E-state index contributed by atoms with van der Waals surface area (Å²) in [5.41, 5.74) is 9.33. The maximum atomic E-state index is 12.9. The largest absolute Gasteiger partial charge is 0.497 e. The van der Waals surface area contributed by atoms with E-state index < -0.39 is 5.41 Å². The molecule has 170 valence electrons. The van der Waals surface area contributed by atoms with Gasteiger partial charge >= 0.3 is 0 Å². The van der Waals surface area contributed by atoms with Crippen molar-refractivity contribution in [1.29, 1.82) is 0 Å². The summed E-state index contributed by atoms with van der Waals surface area (Å²) in [4.78, 5) is 31.6. The molecular weight excluding hydrogens is 414 g/mol. The summed E-state index contributed by atoms with van der Waals surface area (Å²) in [6.07, 6.45) is 5.53. The Morgan fingerprint density at radius 3 is 2.55 bits per heavy atom. The number of pyridine rings is 1. The van der Waals surface area contributed by atoms with Gasteiger partial charge in [-0.25, -0.2) is 0 Å². The summed E-state index contributed by atoms with van der Waals surface area (Å²) < 4.78 is 5.25. The second-order valence-electron chi connectivity index (χ2n) is 8.63. The maximum Gasteiger partial charge on any atom is 0.226 e. The van der Waals surface area contributed by atoms with Gasteiger partial charge in [-0.15, -0.1) is 0 Å². The molecular formula is C27H29N3O3. The minimum absolute atomic E-state index is 0.0529. The molecule has 0 radical (unpaired) electrons. The lowest BCUT2D eigenvalue weighted by Gasteiger charge is -2.40. The first-order valence-corrected chi connectivity index (χ1v) is 11.2. The van der Waals surface area contributed by atoms with E-state index in [1.807, 2.05) is 71.8 Å². The Labute approximate surface area is 194 Å². The highest BCUT2D eigenvalue weighted by Crippen LogP contribution is 2.38. The molecule has 33 heavy (non-hydrogen) atoms. The molecule has 0 bridgehead atoms. The molecule has 2 N–H and O–H groups in total. The molecule has 2 amide bonds. The number of hydrogen-bond donors (Lipinski definition) is 1. The van der Waals surface area contributed by atoms with E-state index in [9.17, 15) is 9.59 Å². The van der Waals surface area contributed by atoms with Crippen LogP contribution in [0.25, 0.3) is 11.1 Å². The summed E-state index contributed by atoms with van der Waals surface area (Å²) in [5, 5.41) is 0. The first-order valence-electron chi connectivity index (χ1n) is 11.2. The molecule has 1 fully saturated rings. The molecule has 1 aliphatic heterocycles. The van der Waals surface area contributed by atoms with Crippen molar-refractivity contribution in [1.82, 2.24) is 9.88 Å². The van der Waals surface area contributed by atoms with Gasteiger partial charge in [-0.1, -0.05) is 42.5 Å². The molecule has 2 aromatic carbocycles. The zero-order valence-electron chi connectivity index (χ0n) is 18.9. The number of hydrogen-bond acceptors (Lipinski definition) is 4. The Kier molecular flexibility index (Phi) is 6.73. The van der Waals surface area contributed by atoms with E-state index in [1.54, 1.807) is 13.3 Å². The van der Waals surface area contributed by atoms with Crippen molar-refractivity contribution >= 4 is 11.8 Å². The fourth-order valence-corrected chi connectivity index (χ4v) is 4.61. The van der Waals surface area contributed by atoms with E-state index >= 15 is 0 Å². The van der Waals surface area contributed by atoms with Crippen LogP contribution in [0.1, 0.15) is 24.0 Å². The van der Waals surface area contributed by atoms with Gasteiger partial charge in [0.25, 0.3) is 0 Å². The number of nitrogens with zero attached hydrogens (tertiary/aromatic N) is 2. The standard InChI is InChI=1S/C27H29N3O3/c1-33-23-9-4-6-20(16-23)17-25(31)30-14-11-27(12-15-30,26(28)32)18-21-7-2-3-10-24(21)22-8-5-13-29-19-22/h2-10,13,16,19H,11-12,14-15,17-18H2,1H3,(H2,28,32). The molecule has 4 rings (SSSR count). The number of amides is 2. The Hall–Kier alpha value is -3.67. The molecule has 6 heteroatoms. The Morgan fingerprint density at radius 1 is 1.06 bits per heavy atom. The van der Waals surface area contributed by atoms with Crippen molar-refractivity contribution in [3.8, 4) is 16.9 Å². The van der Waals surface area contributed by atoms with Crippen LogP contribution in [0.5, 0.6) is 5.75 Å². The number of likely N-dealkylation sites (tertiary alicyclic amines) is 1. The molecule has 2 heterocycles. The number of carbonyl (C=O) groups excluding carboxylic acids is 2. The molecule has 0 unspecified atom stereocenters. The number of rotatable bonds is 7. The summed E-state index contributed by atoms with van der Waals surface area (Å²) >= 11 is 0. The van der Waals surface area contributed by atoms with Gasteiger partial charge in [0.1, 0.15) is 5.75 Å². The van der Waals surface area contributed by atoms with E-state index in [-0.39, 0.29) is 11.8 Å². The molecule has 0 saturated carbocycles. The summed E-state index contributed by atoms with van der Waals surface area (Å²) in [7, 11) is 1.61. The number of nitrogens with two attached hydrogens (primary N) is 1. The zero-order chi connectivity index (χ0) is 23.3. The minimum atomic E-state index is -0.676. The lowest BCUT2D eigenvalue weighted by Crippen LogP contribution is -2.50. The van der Waals surface area contributed by atoms with E-state index in [0.717, 1.165) is 28.0 Å². The highest BCUT2D eigenvalue weighted by atomic mass is 16.5. The minimum Gasteiger partial charge on any atom is -0.497 e. The monoisotopic (exact) mass is 443 g/mol. The van der Waals surface area contributed by atoms with Crippen LogP contribution in [0.4, 0.5) is 0 Å². The molecule has 3 aromatic rings. The van der Waals surface area contributed by atoms with Crippen molar-refractivity contribution in [2.75, 3.05) is 20.2 Å². The van der Waals surface area contributed by atoms with E-state index in [2.05, 4.69) is 4.98 Å². The van der Waals surface area contributed by atoms with Gasteiger partial charge in [-0.3, -0.25) is 14.6 Å². The first-order chi connectivity index (χ1) is 16.0. The van der Waals surface area contributed by atoms with Crippen LogP contribution < -0.4 is 10.5 Å². The highest BCUT2D eigenvalue weighted by molar-refractivity contribution is 5.83.